The van der Waals surface area contributed by atoms with Crippen molar-refractivity contribution in [2.75, 3.05) is 11.5 Å². The largest absolute Gasteiger partial charge is 0.423 e. The molecular formula is C14H13N5O2S. The summed E-state index contributed by atoms with van der Waals surface area (Å²) in [5.74, 6) is 0.639. The molecule has 2 aromatic heterocycles. The lowest BCUT2D eigenvalue weighted by Gasteiger charge is -2.06. The van der Waals surface area contributed by atoms with E-state index in [4.69, 9.17) is 15.9 Å². The highest BCUT2D eigenvalue weighted by Crippen LogP contribution is 2.25. The summed E-state index contributed by atoms with van der Waals surface area (Å²) in [5.41, 5.74) is 13.1. The Bertz CT molecular complexity index is 889. The molecule has 1 aromatic carbocycles. The van der Waals surface area contributed by atoms with Crippen LogP contribution in [0.1, 0.15) is 11.1 Å². The highest BCUT2D eigenvalue weighted by atomic mass is 32.2. The maximum atomic E-state index is 11.7. The van der Waals surface area contributed by atoms with Crippen LogP contribution in [0.2, 0.25) is 0 Å². The number of nitrogens with zero attached hydrogens (tertiary/aromatic N) is 3. The van der Waals surface area contributed by atoms with Gasteiger partial charge in [0.1, 0.15) is 5.58 Å². The Morgan fingerprint density at radius 1 is 1.14 bits per heavy atom. The van der Waals surface area contributed by atoms with E-state index < -0.39 is 0 Å². The molecule has 0 atom stereocenters. The standard InChI is InChI=1S/C14H13N5O2S/c1-7-2-3-9-8(5-11(20)21-10(9)4-7)6-22-14-18-12(15)17-13(16)19-14/h2-5H,6H2,1H3,(H4,15,16,17,18,19). The molecule has 0 unspecified atom stereocenters. The minimum absolute atomic E-state index is 0.0723. The zero-order chi connectivity index (χ0) is 15.7. The Kier molecular flexibility index (Phi) is 3.68. The van der Waals surface area contributed by atoms with Gasteiger partial charge >= 0.3 is 5.63 Å². The maximum Gasteiger partial charge on any atom is 0.336 e. The van der Waals surface area contributed by atoms with Crippen molar-refractivity contribution in [3.05, 3.63) is 45.8 Å². The fourth-order valence-electron chi connectivity index (χ4n) is 2.05. The van der Waals surface area contributed by atoms with E-state index in [0.29, 0.717) is 16.5 Å². The van der Waals surface area contributed by atoms with Gasteiger partial charge in [0.2, 0.25) is 11.9 Å². The molecule has 4 N–H and O–H groups in total. The average molecular weight is 315 g/mol. The molecule has 0 amide bonds. The van der Waals surface area contributed by atoms with Crippen LogP contribution >= 0.6 is 11.8 Å². The Balaban J connectivity index is 1.95. The highest BCUT2D eigenvalue weighted by Gasteiger charge is 2.09. The number of benzene rings is 1. The Morgan fingerprint density at radius 3 is 2.59 bits per heavy atom. The van der Waals surface area contributed by atoms with E-state index >= 15 is 0 Å². The first-order valence-corrected chi connectivity index (χ1v) is 7.43. The number of hydrogen-bond donors (Lipinski definition) is 2. The Morgan fingerprint density at radius 2 is 1.86 bits per heavy atom. The third-order valence-electron chi connectivity index (χ3n) is 2.99. The van der Waals surface area contributed by atoms with Crippen LogP contribution in [-0.2, 0) is 5.75 Å². The minimum Gasteiger partial charge on any atom is -0.423 e. The van der Waals surface area contributed by atoms with E-state index in [-0.39, 0.29) is 17.5 Å². The van der Waals surface area contributed by atoms with E-state index in [0.717, 1.165) is 16.5 Å². The number of thioether (sulfide) groups is 1. The van der Waals surface area contributed by atoms with Gasteiger partial charge in [-0.3, -0.25) is 0 Å². The first-order valence-electron chi connectivity index (χ1n) is 6.44. The number of nitrogen functional groups attached to an aromatic ring is 2. The summed E-state index contributed by atoms with van der Waals surface area (Å²) in [6.45, 7) is 1.94. The van der Waals surface area contributed by atoms with Gasteiger partial charge in [-0.05, 0) is 24.1 Å². The predicted molar refractivity (Wildman–Crippen MR) is 85.4 cm³/mol. The van der Waals surface area contributed by atoms with Gasteiger partial charge in [0.25, 0.3) is 0 Å². The van der Waals surface area contributed by atoms with Crippen LogP contribution in [0.15, 0.2) is 38.6 Å². The molecule has 0 aliphatic carbocycles. The second-order valence-electron chi connectivity index (χ2n) is 4.71. The van der Waals surface area contributed by atoms with Crippen LogP contribution in [0, 0.1) is 6.92 Å². The second-order valence-corrected chi connectivity index (χ2v) is 5.66. The normalized spacial score (nSPS) is 11.0. The zero-order valence-electron chi connectivity index (χ0n) is 11.7. The van der Waals surface area contributed by atoms with Crippen molar-refractivity contribution in [3.63, 3.8) is 0 Å². The van der Waals surface area contributed by atoms with Gasteiger partial charge in [-0.15, -0.1) is 0 Å². The lowest BCUT2D eigenvalue weighted by Crippen LogP contribution is -2.04. The van der Waals surface area contributed by atoms with Gasteiger partial charge in [-0.2, -0.15) is 15.0 Å². The number of fused-ring (bicyclic) bond motifs is 1. The first kappa shape index (κ1) is 14.3. The molecule has 0 spiro atoms. The van der Waals surface area contributed by atoms with Crippen LogP contribution in [0.5, 0.6) is 0 Å². The first-order chi connectivity index (χ1) is 10.5. The van der Waals surface area contributed by atoms with Gasteiger partial charge in [0.05, 0.1) is 0 Å². The SMILES string of the molecule is Cc1ccc2c(CSc3nc(N)nc(N)n3)cc(=O)oc2c1. The molecular weight excluding hydrogens is 302 g/mol. The Hall–Kier alpha value is -2.61. The molecule has 22 heavy (non-hydrogen) atoms. The van der Waals surface area contributed by atoms with Crippen LogP contribution < -0.4 is 17.1 Å². The number of rotatable bonds is 3. The van der Waals surface area contributed by atoms with Gasteiger partial charge in [-0.1, -0.05) is 23.9 Å². The van der Waals surface area contributed by atoms with Crippen molar-refractivity contribution < 1.29 is 4.42 Å². The molecule has 3 aromatic rings. The van der Waals surface area contributed by atoms with Crippen molar-refractivity contribution in [2.24, 2.45) is 0 Å². The van der Waals surface area contributed by atoms with Gasteiger partial charge in [0.15, 0.2) is 5.16 Å². The molecule has 0 radical (unpaired) electrons. The average Bonchev–Trinajstić information content (AvgIpc) is 2.43. The molecule has 0 aliphatic heterocycles. The molecule has 0 saturated heterocycles. The van der Waals surface area contributed by atoms with Crippen LogP contribution in [0.3, 0.4) is 0 Å². The summed E-state index contributed by atoms with van der Waals surface area (Å²) in [6.07, 6.45) is 0. The second kappa shape index (κ2) is 5.64. The fourth-order valence-corrected chi connectivity index (χ4v) is 2.89. The number of aryl methyl sites for hydroxylation is 1. The summed E-state index contributed by atoms with van der Waals surface area (Å²) >= 11 is 1.33. The molecule has 8 heteroatoms. The van der Waals surface area contributed by atoms with E-state index in [1.807, 2.05) is 25.1 Å². The fraction of sp³-hybridized carbons (Fsp3) is 0.143. The molecule has 112 valence electrons. The molecule has 0 saturated carbocycles. The quantitative estimate of drug-likeness (QED) is 0.554. The molecule has 3 rings (SSSR count). The summed E-state index contributed by atoms with van der Waals surface area (Å²) in [6, 6.07) is 7.21. The van der Waals surface area contributed by atoms with E-state index in [2.05, 4.69) is 15.0 Å². The van der Waals surface area contributed by atoms with E-state index in [1.165, 1.54) is 17.8 Å². The van der Waals surface area contributed by atoms with Crippen molar-refractivity contribution >= 4 is 34.6 Å². The topological polar surface area (TPSA) is 121 Å². The van der Waals surface area contributed by atoms with Gasteiger partial charge in [-0.25, -0.2) is 4.79 Å². The molecule has 0 bridgehead atoms. The van der Waals surface area contributed by atoms with Crippen molar-refractivity contribution in [2.45, 2.75) is 17.8 Å². The van der Waals surface area contributed by atoms with Crippen molar-refractivity contribution in [3.8, 4) is 0 Å². The van der Waals surface area contributed by atoms with Crippen LogP contribution in [0.25, 0.3) is 11.0 Å². The number of aromatic nitrogens is 3. The smallest absolute Gasteiger partial charge is 0.336 e. The summed E-state index contributed by atoms with van der Waals surface area (Å²) in [4.78, 5) is 23.4. The minimum atomic E-state index is -0.386. The molecule has 2 heterocycles. The summed E-state index contributed by atoms with van der Waals surface area (Å²) in [5, 5.41) is 1.30. The van der Waals surface area contributed by atoms with Crippen molar-refractivity contribution in [1.29, 1.82) is 0 Å². The maximum absolute atomic E-state index is 11.7. The zero-order valence-corrected chi connectivity index (χ0v) is 12.6. The predicted octanol–water partition coefficient (Wildman–Crippen LogP) is 1.74. The van der Waals surface area contributed by atoms with Crippen molar-refractivity contribution in [1.82, 2.24) is 15.0 Å². The monoisotopic (exact) mass is 315 g/mol. The third kappa shape index (κ3) is 3.01. The molecule has 0 fully saturated rings. The lowest BCUT2D eigenvalue weighted by molar-refractivity contribution is 0.559. The van der Waals surface area contributed by atoms with Gasteiger partial charge in [0, 0.05) is 17.2 Å². The summed E-state index contributed by atoms with van der Waals surface area (Å²) in [7, 11) is 0. The number of hydrogen-bond acceptors (Lipinski definition) is 8. The highest BCUT2D eigenvalue weighted by molar-refractivity contribution is 7.98. The van der Waals surface area contributed by atoms with Crippen LogP contribution in [-0.4, -0.2) is 15.0 Å². The number of anilines is 2. The third-order valence-corrected chi connectivity index (χ3v) is 3.89. The molecule has 7 nitrogen and oxygen atoms in total. The van der Waals surface area contributed by atoms with E-state index in [9.17, 15) is 4.79 Å². The Labute approximate surface area is 129 Å². The van der Waals surface area contributed by atoms with E-state index in [1.54, 1.807) is 0 Å². The number of nitrogens with two attached hydrogens (primary N) is 2. The van der Waals surface area contributed by atoms with Gasteiger partial charge < -0.3 is 15.9 Å². The van der Waals surface area contributed by atoms with Crippen LogP contribution in [0.4, 0.5) is 11.9 Å². The summed E-state index contributed by atoms with van der Waals surface area (Å²) < 4.78 is 5.23. The molecule has 0 aliphatic rings. The lowest BCUT2D eigenvalue weighted by atomic mass is 10.1.